The van der Waals surface area contributed by atoms with Gasteiger partial charge in [0.15, 0.2) is 0 Å². The van der Waals surface area contributed by atoms with E-state index in [9.17, 15) is 0 Å². The molecule has 1 N–H and O–H groups in total. The van der Waals surface area contributed by atoms with Gasteiger partial charge in [-0.15, -0.1) is 0 Å². The van der Waals surface area contributed by atoms with Crippen LogP contribution < -0.4 is 10.2 Å². The molecule has 0 radical (unpaired) electrons. The molecule has 0 spiro atoms. The molecule has 0 amide bonds. The van der Waals surface area contributed by atoms with Crippen LogP contribution in [0.25, 0.3) is 21.8 Å². The minimum Gasteiger partial charge on any atom is -0.370 e. The third-order valence-electron chi connectivity index (χ3n) is 6.34. The lowest BCUT2D eigenvalue weighted by Crippen LogP contribution is -2.42. The Hall–Kier alpha value is -3.26. The number of fused-ring (bicyclic) bond motifs is 3. The van der Waals surface area contributed by atoms with Gasteiger partial charge in [0, 0.05) is 42.1 Å². The normalized spacial score (nSPS) is 15.4. The van der Waals surface area contributed by atoms with E-state index in [2.05, 4.69) is 70.3 Å². The predicted octanol–water partition coefficient (Wildman–Crippen LogP) is 4.23. The number of nitrogens with one attached hydrogen (secondary N) is 1. The molecule has 166 valence electrons. The molecule has 1 aliphatic heterocycles. The van der Waals surface area contributed by atoms with E-state index in [-0.39, 0.29) is 6.04 Å². The average Bonchev–Trinajstić information content (AvgIpc) is 3.25. The Balaban J connectivity index is 1.36. The molecule has 1 fully saturated rings. The summed E-state index contributed by atoms with van der Waals surface area (Å²) in [6.45, 7) is 6.37. The Bertz CT molecular complexity index is 1220. The third kappa shape index (κ3) is 3.86. The molecule has 8 heteroatoms. The van der Waals surface area contributed by atoms with E-state index in [1.54, 1.807) is 0 Å². The molecule has 8 nitrogen and oxygen atoms in total. The summed E-state index contributed by atoms with van der Waals surface area (Å²) in [4.78, 5) is 18.7. The van der Waals surface area contributed by atoms with E-state index >= 15 is 0 Å². The summed E-state index contributed by atoms with van der Waals surface area (Å²) in [5.41, 5.74) is 3.09. The number of benzene rings is 1. The van der Waals surface area contributed by atoms with Crippen molar-refractivity contribution in [1.29, 1.82) is 0 Å². The van der Waals surface area contributed by atoms with Crippen LogP contribution in [0, 0.1) is 0 Å². The third-order valence-corrected chi connectivity index (χ3v) is 6.34. The average molecular weight is 431 g/mol. The molecular weight excluding hydrogens is 400 g/mol. The maximum atomic E-state index is 4.81. The molecule has 0 bridgehead atoms. The van der Waals surface area contributed by atoms with Gasteiger partial charge in [-0.3, -0.25) is 4.68 Å². The van der Waals surface area contributed by atoms with Crippen molar-refractivity contribution in [1.82, 2.24) is 29.6 Å². The second-order valence-electron chi connectivity index (χ2n) is 9.03. The molecule has 1 aliphatic rings. The fourth-order valence-electron chi connectivity index (χ4n) is 4.48. The zero-order valence-corrected chi connectivity index (χ0v) is 19.2. The minimum absolute atomic E-state index is 0.251. The molecule has 3 aromatic heterocycles. The number of pyridine rings is 1. The fraction of sp³-hybridized carbons (Fsp3) is 0.417. The van der Waals surface area contributed by atoms with Crippen molar-refractivity contribution in [3.63, 3.8) is 0 Å². The first-order valence-corrected chi connectivity index (χ1v) is 11.3. The van der Waals surface area contributed by atoms with Crippen molar-refractivity contribution >= 4 is 39.3 Å². The van der Waals surface area contributed by atoms with E-state index in [1.165, 1.54) is 12.8 Å². The molecule has 4 aromatic rings. The summed E-state index contributed by atoms with van der Waals surface area (Å²) in [7, 11) is 4.33. The highest BCUT2D eigenvalue weighted by atomic mass is 15.3. The van der Waals surface area contributed by atoms with E-state index in [0.717, 1.165) is 46.4 Å². The summed E-state index contributed by atoms with van der Waals surface area (Å²) in [6.07, 6.45) is 8.04. The Morgan fingerprint density at radius 2 is 1.75 bits per heavy atom. The summed E-state index contributed by atoms with van der Waals surface area (Å²) in [5.74, 6) is 1.27. The van der Waals surface area contributed by atoms with Gasteiger partial charge in [0.05, 0.1) is 23.6 Å². The Labute approximate surface area is 188 Å². The van der Waals surface area contributed by atoms with E-state index < -0.39 is 0 Å². The van der Waals surface area contributed by atoms with Gasteiger partial charge < -0.3 is 15.1 Å². The first-order valence-electron chi connectivity index (χ1n) is 11.3. The van der Waals surface area contributed by atoms with Crippen LogP contribution in [0.5, 0.6) is 0 Å². The van der Waals surface area contributed by atoms with Crippen molar-refractivity contribution in [3.8, 4) is 0 Å². The van der Waals surface area contributed by atoms with E-state index in [4.69, 9.17) is 4.98 Å². The van der Waals surface area contributed by atoms with Gasteiger partial charge in [0.1, 0.15) is 11.3 Å². The molecule has 4 heterocycles. The number of rotatable bonds is 5. The molecule has 5 rings (SSSR count). The largest absolute Gasteiger partial charge is 0.370 e. The fourth-order valence-corrected chi connectivity index (χ4v) is 4.48. The van der Waals surface area contributed by atoms with Crippen LogP contribution in [0.2, 0.25) is 0 Å². The number of hydrogen-bond donors (Lipinski definition) is 1. The topological polar surface area (TPSA) is 75.0 Å². The highest BCUT2D eigenvalue weighted by Gasteiger charge is 2.21. The molecule has 0 unspecified atom stereocenters. The lowest BCUT2D eigenvalue weighted by Gasteiger charge is -2.36. The zero-order chi connectivity index (χ0) is 22.2. The van der Waals surface area contributed by atoms with Gasteiger partial charge in [0.2, 0.25) is 5.95 Å². The second kappa shape index (κ2) is 8.35. The van der Waals surface area contributed by atoms with Crippen LogP contribution in [0.1, 0.15) is 32.7 Å². The van der Waals surface area contributed by atoms with Gasteiger partial charge in [-0.05, 0) is 52.9 Å². The number of anilines is 3. The number of nitrogens with zero attached hydrogens (tertiary/aromatic N) is 7. The molecule has 0 aliphatic carbocycles. The minimum atomic E-state index is 0.251. The van der Waals surface area contributed by atoms with Gasteiger partial charge >= 0.3 is 0 Å². The van der Waals surface area contributed by atoms with Crippen LogP contribution in [0.3, 0.4) is 0 Å². The van der Waals surface area contributed by atoms with E-state index in [0.29, 0.717) is 12.0 Å². The maximum Gasteiger partial charge on any atom is 0.228 e. The molecular formula is C24H30N8. The van der Waals surface area contributed by atoms with Crippen LogP contribution in [-0.2, 0) is 0 Å². The molecule has 0 atom stereocenters. The van der Waals surface area contributed by atoms with Gasteiger partial charge in [-0.25, -0.2) is 15.0 Å². The lowest BCUT2D eigenvalue weighted by molar-refractivity contribution is 0.249. The predicted molar refractivity (Wildman–Crippen MR) is 130 cm³/mol. The molecule has 32 heavy (non-hydrogen) atoms. The maximum absolute atomic E-state index is 4.81. The molecule has 0 saturated carbocycles. The number of aromatic nitrogens is 5. The van der Waals surface area contributed by atoms with Crippen LogP contribution in [-0.4, -0.2) is 62.9 Å². The van der Waals surface area contributed by atoms with Crippen molar-refractivity contribution in [2.45, 2.75) is 38.8 Å². The summed E-state index contributed by atoms with van der Waals surface area (Å²) >= 11 is 0. The molecule has 1 aromatic carbocycles. The van der Waals surface area contributed by atoms with Gasteiger partial charge in [-0.2, -0.15) is 5.10 Å². The number of hydrogen-bond acceptors (Lipinski definition) is 7. The zero-order valence-electron chi connectivity index (χ0n) is 19.2. The second-order valence-corrected chi connectivity index (χ2v) is 9.03. The van der Waals surface area contributed by atoms with Crippen LogP contribution >= 0.6 is 0 Å². The summed E-state index contributed by atoms with van der Waals surface area (Å²) in [5, 5.41) is 9.88. The highest BCUT2D eigenvalue weighted by Crippen LogP contribution is 2.27. The van der Waals surface area contributed by atoms with Gasteiger partial charge in [0.25, 0.3) is 0 Å². The Kier molecular flexibility index (Phi) is 5.38. The molecule has 1 saturated heterocycles. The SMILES string of the molecule is CC(C)n1ncc2ccc3cnc(Nc4ccc(N5CCC(N(C)C)CC5)cn4)nc3c21. The van der Waals surface area contributed by atoms with Gasteiger partial charge in [-0.1, -0.05) is 12.1 Å². The lowest BCUT2D eigenvalue weighted by atomic mass is 10.0. The quantitative estimate of drug-likeness (QED) is 0.508. The summed E-state index contributed by atoms with van der Waals surface area (Å²) in [6, 6.07) is 9.16. The number of piperidine rings is 1. The first-order chi connectivity index (χ1) is 15.5. The van der Waals surface area contributed by atoms with Crippen molar-refractivity contribution < 1.29 is 0 Å². The van der Waals surface area contributed by atoms with E-state index in [1.807, 2.05) is 35.4 Å². The van der Waals surface area contributed by atoms with Crippen molar-refractivity contribution in [3.05, 3.63) is 42.9 Å². The smallest absolute Gasteiger partial charge is 0.228 e. The monoisotopic (exact) mass is 430 g/mol. The Morgan fingerprint density at radius 1 is 0.969 bits per heavy atom. The summed E-state index contributed by atoms with van der Waals surface area (Å²) < 4.78 is 2.01. The highest BCUT2D eigenvalue weighted by molar-refractivity contribution is 6.03. The van der Waals surface area contributed by atoms with Crippen molar-refractivity contribution in [2.24, 2.45) is 0 Å². The van der Waals surface area contributed by atoms with Crippen LogP contribution in [0.4, 0.5) is 17.5 Å². The Morgan fingerprint density at radius 3 is 2.44 bits per heavy atom. The first kappa shape index (κ1) is 20.6. The standard InChI is InChI=1S/C24H30N8/c1-16(2)32-23-18(14-27-32)6-5-17-13-26-24(29-22(17)23)28-21-8-7-20(15-25-21)31-11-9-19(10-12-31)30(3)4/h5-8,13-16,19H,9-12H2,1-4H3,(H,25,26,28,29). The van der Waals surface area contributed by atoms with Crippen molar-refractivity contribution in [2.75, 3.05) is 37.4 Å². The van der Waals surface area contributed by atoms with Crippen LogP contribution in [0.15, 0.2) is 42.9 Å².